The van der Waals surface area contributed by atoms with E-state index in [2.05, 4.69) is 15.6 Å². The Balaban J connectivity index is 0.00000338. The summed E-state index contributed by atoms with van der Waals surface area (Å²) in [6.07, 6.45) is 0. The van der Waals surface area contributed by atoms with Gasteiger partial charge in [0, 0.05) is 22.8 Å². The van der Waals surface area contributed by atoms with Gasteiger partial charge in [0.1, 0.15) is 10.7 Å². The van der Waals surface area contributed by atoms with Gasteiger partial charge in [-0.2, -0.15) is 0 Å². The van der Waals surface area contributed by atoms with Gasteiger partial charge >= 0.3 is 0 Å². The smallest absolute Gasteiger partial charge is 0.191 e. The minimum atomic E-state index is -3.68. The third-order valence-electron chi connectivity index (χ3n) is 3.37. The number of nitrogens with one attached hydrogen (secondary N) is 2. The Hall–Kier alpha value is -1.20. The third-order valence-corrected chi connectivity index (χ3v) is 6.10. The van der Waals surface area contributed by atoms with Crippen LogP contribution in [-0.4, -0.2) is 33.2 Å². The van der Waals surface area contributed by atoms with E-state index in [0.29, 0.717) is 19.0 Å². The number of halogens is 2. The molecule has 5 nitrogen and oxygen atoms in total. The summed E-state index contributed by atoms with van der Waals surface area (Å²) in [5.74, 6) is -0.398. The lowest BCUT2D eigenvalue weighted by atomic mass is 10.3. The topological polar surface area (TPSA) is 70.6 Å². The number of aryl methyl sites for hydroxylation is 1. The molecular weight excluding hydrogens is 488 g/mol. The number of thiophene rings is 1. The number of sulfone groups is 1. The van der Waals surface area contributed by atoms with Crippen molar-refractivity contribution in [1.82, 2.24) is 10.6 Å². The maximum atomic E-state index is 13.7. The summed E-state index contributed by atoms with van der Waals surface area (Å²) in [7, 11) is -3.68. The zero-order valence-electron chi connectivity index (χ0n) is 14.7. The number of hydrogen-bond donors (Lipinski definition) is 2. The van der Waals surface area contributed by atoms with E-state index < -0.39 is 15.7 Å². The molecule has 2 aromatic rings. The van der Waals surface area contributed by atoms with Crippen LogP contribution in [0.4, 0.5) is 4.39 Å². The number of hydrogen-bond acceptors (Lipinski definition) is 4. The van der Waals surface area contributed by atoms with Crippen molar-refractivity contribution in [2.75, 3.05) is 18.8 Å². The number of nitrogens with zero attached hydrogens (tertiary/aromatic N) is 1. The van der Waals surface area contributed by atoms with E-state index in [1.54, 1.807) is 11.3 Å². The molecule has 1 aromatic heterocycles. The van der Waals surface area contributed by atoms with E-state index in [0.717, 1.165) is 10.9 Å². The molecule has 0 amide bonds. The molecule has 0 saturated carbocycles. The van der Waals surface area contributed by atoms with Crippen molar-refractivity contribution >= 4 is 51.1 Å². The summed E-state index contributed by atoms with van der Waals surface area (Å²) in [6, 6.07) is 9.47. The van der Waals surface area contributed by atoms with E-state index in [9.17, 15) is 12.8 Å². The van der Waals surface area contributed by atoms with Crippen molar-refractivity contribution < 1.29 is 12.8 Å². The second kappa shape index (κ2) is 10.8. The van der Waals surface area contributed by atoms with Crippen LogP contribution in [0.1, 0.15) is 16.7 Å². The molecule has 0 saturated heterocycles. The molecular formula is C17H23FIN3O2S2. The van der Waals surface area contributed by atoms with Gasteiger partial charge in [0.25, 0.3) is 0 Å². The summed E-state index contributed by atoms with van der Waals surface area (Å²) in [5, 5.41) is 6.06. The average molecular weight is 511 g/mol. The summed E-state index contributed by atoms with van der Waals surface area (Å²) < 4.78 is 38.1. The zero-order valence-corrected chi connectivity index (χ0v) is 18.6. The fourth-order valence-corrected chi connectivity index (χ4v) is 4.24. The zero-order chi connectivity index (χ0) is 18.3. The molecule has 0 atom stereocenters. The Morgan fingerprint density at radius 3 is 2.54 bits per heavy atom. The number of guanidine groups is 1. The van der Waals surface area contributed by atoms with E-state index >= 15 is 0 Å². The van der Waals surface area contributed by atoms with Crippen LogP contribution in [0.15, 0.2) is 46.3 Å². The van der Waals surface area contributed by atoms with Crippen molar-refractivity contribution in [1.29, 1.82) is 0 Å². The Morgan fingerprint density at radius 1 is 1.19 bits per heavy atom. The molecule has 0 radical (unpaired) electrons. The fourth-order valence-electron chi connectivity index (χ4n) is 2.18. The van der Waals surface area contributed by atoms with E-state index in [1.165, 1.54) is 23.1 Å². The molecule has 9 heteroatoms. The van der Waals surface area contributed by atoms with E-state index in [1.807, 2.05) is 26.0 Å². The van der Waals surface area contributed by atoms with Crippen LogP contribution < -0.4 is 10.6 Å². The Bertz CT molecular complexity index is 838. The van der Waals surface area contributed by atoms with Crippen molar-refractivity contribution in [3.05, 3.63) is 52.0 Å². The first kappa shape index (κ1) is 22.8. The highest BCUT2D eigenvalue weighted by Gasteiger charge is 2.18. The molecule has 0 aliphatic carbocycles. The second-order valence-electron chi connectivity index (χ2n) is 5.38. The first-order chi connectivity index (χ1) is 11.9. The van der Waals surface area contributed by atoms with Gasteiger partial charge in [-0.25, -0.2) is 17.8 Å². The predicted molar refractivity (Wildman–Crippen MR) is 116 cm³/mol. The van der Waals surface area contributed by atoms with Crippen LogP contribution in [0, 0.1) is 12.7 Å². The quantitative estimate of drug-likeness (QED) is 0.340. The van der Waals surface area contributed by atoms with Gasteiger partial charge in [-0.3, -0.25) is 0 Å². The van der Waals surface area contributed by atoms with Gasteiger partial charge in [0.2, 0.25) is 0 Å². The van der Waals surface area contributed by atoms with Crippen LogP contribution in [0.3, 0.4) is 0 Å². The van der Waals surface area contributed by atoms with Gasteiger partial charge in [-0.15, -0.1) is 35.3 Å². The van der Waals surface area contributed by atoms with Crippen LogP contribution >= 0.6 is 35.3 Å². The highest BCUT2D eigenvalue weighted by molar-refractivity contribution is 14.0. The Labute approximate surface area is 175 Å². The van der Waals surface area contributed by atoms with Crippen molar-refractivity contribution in [2.45, 2.75) is 25.3 Å². The van der Waals surface area contributed by atoms with Crippen molar-refractivity contribution in [3.8, 4) is 0 Å². The summed E-state index contributed by atoms with van der Waals surface area (Å²) >= 11 is 1.67. The number of rotatable bonds is 7. The maximum absolute atomic E-state index is 13.7. The van der Waals surface area contributed by atoms with Crippen LogP contribution in [-0.2, 0) is 16.4 Å². The van der Waals surface area contributed by atoms with Crippen molar-refractivity contribution in [3.63, 3.8) is 0 Å². The maximum Gasteiger partial charge on any atom is 0.191 e. The molecule has 144 valence electrons. The minimum Gasteiger partial charge on any atom is -0.357 e. The summed E-state index contributed by atoms with van der Waals surface area (Å²) in [5.41, 5.74) is 0. The highest BCUT2D eigenvalue weighted by atomic mass is 127. The van der Waals surface area contributed by atoms with Gasteiger partial charge in [-0.1, -0.05) is 12.1 Å². The van der Waals surface area contributed by atoms with E-state index in [4.69, 9.17) is 0 Å². The molecule has 2 rings (SSSR count). The van der Waals surface area contributed by atoms with E-state index in [-0.39, 0.29) is 41.2 Å². The number of benzene rings is 1. The van der Waals surface area contributed by atoms with Crippen LogP contribution in [0.5, 0.6) is 0 Å². The molecule has 0 bridgehead atoms. The van der Waals surface area contributed by atoms with Gasteiger partial charge in [0.15, 0.2) is 15.8 Å². The predicted octanol–water partition coefficient (Wildman–Crippen LogP) is 3.34. The standard InChI is InChI=1S/C17H22FN3O2S2.HI/c1-3-19-17(21-12-14-9-8-13(2)24-14)20-10-11-25(22,23)16-7-5-4-6-15(16)18;/h4-9H,3,10-12H2,1-2H3,(H2,19,20,21);1H. The van der Waals surface area contributed by atoms with Crippen LogP contribution in [0.25, 0.3) is 0 Å². The molecule has 2 N–H and O–H groups in total. The largest absolute Gasteiger partial charge is 0.357 e. The highest BCUT2D eigenvalue weighted by Crippen LogP contribution is 2.16. The SMILES string of the molecule is CCNC(=NCc1ccc(C)s1)NCCS(=O)(=O)c1ccccc1F.I. The molecule has 1 aromatic carbocycles. The average Bonchev–Trinajstić information content (AvgIpc) is 2.98. The van der Waals surface area contributed by atoms with Crippen LogP contribution in [0.2, 0.25) is 0 Å². The van der Waals surface area contributed by atoms with Crippen molar-refractivity contribution in [2.24, 2.45) is 4.99 Å². The first-order valence-corrected chi connectivity index (χ1v) is 10.4. The lowest BCUT2D eigenvalue weighted by Crippen LogP contribution is -2.39. The monoisotopic (exact) mass is 511 g/mol. The van der Waals surface area contributed by atoms with Gasteiger partial charge < -0.3 is 10.6 Å². The molecule has 0 aliphatic heterocycles. The summed E-state index contributed by atoms with van der Waals surface area (Å²) in [4.78, 5) is 6.53. The van der Waals surface area contributed by atoms with Gasteiger partial charge in [-0.05, 0) is 38.1 Å². The normalized spacial score (nSPS) is 11.7. The van der Waals surface area contributed by atoms with Gasteiger partial charge in [0.05, 0.1) is 12.3 Å². The fraction of sp³-hybridized carbons (Fsp3) is 0.353. The number of aliphatic imine (C=N–C) groups is 1. The second-order valence-corrected chi connectivity index (χ2v) is 8.83. The third kappa shape index (κ3) is 6.84. The minimum absolute atomic E-state index is 0. The summed E-state index contributed by atoms with van der Waals surface area (Å²) in [6.45, 7) is 5.30. The molecule has 0 fully saturated rings. The molecule has 0 aliphatic rings. The Kier molecular flexibility index (Phi) is 9.51. The molecule has 0 unspecified atom stereocenters. The lowest BCUT2D eigenvalue weighted by molar-refractivity contribution is 0.566. The molecule has 1 heterocycles. The first-order valence-electron chi connectivity index (χ1n) is 7.97. The Morgan fingerprint density at radius 2 is 1.92 bits per heavy atom. The molecule has 26 heavy (non-hydrogen) atoms. The lowest BCUT2D eigenvalue weighted by Gasteiger charge is -2.11. The molecule has 0 spiro atoms.